The summed E-state index contributed by atoms with van der Waals surface area (Å²) in [6.45, 7) is 5.41. The molecule has 2 N–H and O–H groups in total. The first-order chi connectivity index (χ1) is 11.6. The summed E-state index contributed by atoms with van der Waals surface area (Å²) in [7, 11) is 0. The highest BCUT2D eigenvalue weighted by Crippen LogP contribution is 2.27. The number of rotatable bonds is 8. The Balaban J connectivity index is 1.50. The molecule has 1 aliphatic carbocycles. The van der Waals surface area contributed by atoms with Crippen molar-refractivity contribution in [3.05, 3.63) is 29.8 Å². The highest BCUT2D eigenvalue weighted by Gasteiger charge is 2.26. The van der Waals surface area contributed by atoms with Crippen molar-refractivity contribution in [2.75, 3.05) is 26.2 Å². The highest BCUT2D eigenvalue weighted by molar-refractivity contribution is 5.77. The number of amides is 1. The van der Waals surface area contributed by atoms with Crippen LogP contribution in [0.15, 0.2) is 24.3 Å². The van der Waals surface area contributed by atoms with E-state index in [2.05, 4.69) is 10.2 Å². The van der Waals surface area contributed by atoms with Crippen molar-refractivity contribution in [2.45, 2.75) is 38.8 Å². The third-order valence-corrected chi connectivity index (χ3v) is 5.00. The Kier molecular flexibility index (Phi) is 5.74. The average molecular weight is 332 g/mol. The molecular weight excluding hydrogens is 304 g/mol. The van der Waals surface area contributed by atoms with Crippen LogP contribution in [-0.4, -0.2) is 48.3 Å². The summed E-state index contributed by atoms with van der Waals surface area (Å²) in [5, 5.41) is 12.7. The number of nitrogens with zero attached hydrogens (tertiary/aromatic N) is 1. The summed E-state index contributed by atoms with van der Waals surface area (Å²) in [5.74, 6) is 1.76. The molecule has 1 amide bonds. The van der Waals surface area contributed by atoms with Gasteiger partial charge in [0, 0.05) is 25.2 Å². The minimum absolute atomic E-state index is 0.0490. The van der Waals surface area contributed by atoms with E-state index in [-0.39, 0.29) is 18.6 Å². The summed E-state index contributed by atoms with van der Waals surface area (Å²) in [6.07, 6.45) is 3.24. The minimum Gasteiger partial charge on any atom is -0.483 e. The van der Waals surface area contributed by atoms with Gasteiger partial charge in [-0.3, -0.25) is 9.69 Å². The quantitative estimate of drug-likeness (QED) is 0.762. The first-order valence-corrected chi connectivity index (χ1v) is 8.99. The Morgan fingerprint density at radius 1 is 1.38 bits per heavy atom. The average Bonchev–Trinajstić information content (AvgIpc) is 3.29. The SMILES string of the molecule is CC(O)C1CCN(Cc2ccccc2OCC(=O)NCC2CC2)C1. The van der Waals surface area contributed by atoms with Crippen LogP contribution in [0, 0.1) is 11.8 Å². The number of carbonyl (C=O) groups is 1. The zero-order valence-electron chi connectivity index (χ0n) is 14.4. The zero-order chi connectivity index (χ0) is 16.9. The van der Waals surface area contributed by atoms with Crippen molar-refractivity contribution in [3.8, 4) is 5.75 Å². The lowest BCUT2D eigenvalue weighted by Crippen LogP contribution is -2.30. The van der Waals surface area contributed by atoms with Gasteiger partial charge >= 0.3 is 0 Å². The molecule has 1 heterocycles. The number of hydrogen-bond donors (Lipinski definition) is 2. The Labute approximate surface area is 144 Å². The maximum atomic E-state index is 11.8. The fraction of sp³-hybridized carbons (Fsp3) is 0.632. The molecule has 1 aromatic carbocycles. The predicted octanol–water partition coefficient (Wildman–Crippen LogP) is 1.79. The molecule has 2 aliphatic rings. The molecule has 1 saturated heterocycles. The Bertz CT molecular complexity index is 557. The van der Waals surface area contributed by atoms with Gasteiger partial charge in [-0.2, -0.15) is 0 Å². The molecule has 1 aromatic rings. The summed E-state index contributed by atoms with van der Waals surface area (Å²) < 4.78 is 5.75. The van der Waals surface area contributed by atoms with Gasteiger partial charge in [0.05, 0.1) is 6.10 Å². The Morgan fingerprint density at radius 3 is 2.88 bits per heavy atom. The van der Waals surface area contributed by atoms with Gasteiger partial charge in [-0.1, -0.05) is 18.2 Å². The summed E-state index contributed by atoms with van der Waals surface area (Å²) in [4.78, 5) is 14.2. The Hall–Kier alpha value is -1.59. The maximum absolute atomic E-state index is 11.8. The van der Waals surface area contributed by atoms with E-state index in [0.29, 0.717) is 11.8 Å². The van der Waals surface area contributed by atoms with E-state index >= 15 is 0 Å². The van der Waals surface area contributed by atoms with Gasteiger partial charge in [0.2, 0.25) is 0 Å². The van der Waals surface area contributed by atoms with Gasteiger partial charge in [0.1, 0.15) is 5.75 Å². The summed E-state index contributed by atoms with van der Waals surface area (Å²) >= 11 is 0. The summed E-state index contributed by atoms with van der Waals surface area (Å²) in [5.41, 5.74) is 1.10. The number of nitrogens with one attached hydrogen (secondary N) is 1. The van der Waals surface area contributed by atoms with Crippen LogP contribution in [0.4, 0.5) is 0 Å². The molecule has 2 unspecified atom stereocenters. The maximum Gasteiger partial charge on any atom is 0.257 e. The van der Waals surface area contributed by atoms with Crippen molar-refractivity contribution in [3.63, 3.8) is 0 Å². The molecule has 5 heteroatoms. The second kappa shape index (κ2) is 7.99. The van der Waals surface area contributed by atoms with E-state index in [9.17, 15) is 9.90 Å². The topological polar surface area (TPSA) is 61.8 Å². The van der Waals surface area contributed by atoms with Crippen LogP contribution >= 0.6 is 0 Å². The van der Waals surface area contributed by atoms with Crippen LogP contribution in [0.3, 0.4) is 0 Å². The molecule has 1 saturated carbocycles. The lowest BCUT2D eigenvalue weighted by Gasteiger charge is -2.19. The van der Waals surface area contributed by atoms with Gasteiger partial charge in [-0.25, -0.2) is 0 Å². The van der Waals surface area contributed by atoms with Crippen LogP contribution in [0.5, 0.6) is 5.75 Å². The fourth-order valence-electron chi connectivity index (χ4n) is 3.19. The molecule has 2 atom stereocenters. The third kappa shape index (κ3) is 4.95. The van der Waals surface area contributed by atoms with Crippen molar-refractivity contribution in [2.24, 2.45) is 11.8 Å². The number of carbonyl (C=O) groups excluding carboxylic acids is 1. The fourth-order valence-corrected chi connectivity index (χ4v) is 3.19. The number of benzene rings is 1. The largest absolute Gasteiger partial charge is 0.483 e. The smallest absolute Gasteiger partial charge is 0.257 e. The van der Waals surface area contributed by atoms with Crippen molar-refractivity contribution < 1.29 is 14.6 Å². The van der Waals surface area contributed by atoms with Crippen LogP contribution in [0.2, 0.25) is 0 Å². The lowest BCUT2D eigenvalue weighted by atomic mass is 10.0. The number of likely N-dealkylation sites (tertiary alicyclic amines) is 1. The second-order valence-electron chi connectivity index (χ2n) is 7.17. The number of aliphatic hydroxyl groups excluding tert-OH is 1. The number of hydrogen-bond acceptors (Lipinski definition) is 4. The van der Waals surface area contributed by atoms with E-state index in [1.54, 1.807) is 0 Å². The molecule has 0 radical (unpaired) electrons. The van der Waals surface area contributed by atoms with E-state index in [0.717, 1.165) is 43.9 Å². The van der Waals surface area contributed by atoms with Crippen LogP contribution in [0.1, 0.15) is 31.7 Å². The molecule has 24 heavy (non-hydrogen) atoms. The van der Waals surface area contributed by atoms with Crippen LogP contribution in [0.25, 0.3) is 0 Å². The summed E-state index contributed by atoms with van der Waals surface area (Å²) in [6, 6.07) is 7.90. The lowest BCUT2D eigenvalue weighted by molar-refractivity contribution is -0.123. The van der Waals surface area contributed by atoms with Gasteiger partial charge in [-0.15, -0.1) is 0 Å². The monoisotopic (exact) mass is 332 g/mol. The van der Waals surface area contributed by atoms with Crippen LogP contribution in [-0.2, 0) is 11.3 Å². The first kappa shape index (κ1) is 17.2. The minimum atomic E-state index is -0.253. The van der Waals surface area contributed by atoms with Gasteiger partial charge in [0.15, 0.2) is 6.61 Å². The first-order valence-electron chi connectivity index (χ1n) is 8.99. The van der Waals surface area contributed by atoms with E-state index in [1.165, 1.54) is 12.8 Å². The van der Waals surface area contributed by atoms with Crippen molar-refractivity contribution >= 4 is 5.91 Å². The molecular formula is C19H28N2O3. The van der Waals surface area contributed by atoms with E-state index < -0.39 is 0 Å². The van der Waals surface area contributed by atoms with Gasteiger partial charge in [-0.05, 0) is 50.6 Å². The predicted molar refractivity (Wildman–Crippen MR) is 92.7 cm³/mol. The van der Waals surface area contributed by atoms with E-state index in [4.69, 9.17) is 4.74 Å². The highest BCUT2D eigenvalue weighted by atomic mass is 16.5. The van der Waals surface area contributed by atoms with Gasteiger partial charge in [0.25, 0.3) is 5.91 Å². The van der Waals surface area contributed by atoms with E-state index in [1.807, 2.05) is 31.2 Å². The molecule has 2 fully saturated rings. The third-order valence-electron chi connectivity index (χ3n) is 5.00. The second-order valence-corrected chi connectivity index (χ2v) is 7.17. The number of para-hydroxylation sites is 1. The number of aliphatic hydroxyl groups is 1. The zero-order valence-corrected chi connectivity index (χ0v) is 14.4. The molecule has 5 nitrogen and oxygen atoms in total. The van der Waals surface area contributed by atoms with Gasteiger partial charge < -0.3 is 15.2 Å². The normalized spacial score (nSPS) is 22.3. The van der Waals surface area contributed by atoms with Crippen molar-refractivity contribution in [1.29, 1.82) is 0 Å². The standard InChI is InChI=1S/C19H28N2O3/c1-14(22)16-8-9-21(11-16)12-17-4-2-3-5-18(17)24-13-19(23)20-10-15-6-7-15/h2-5,14-16,22H,6-13H2,1H3,(H,20,23). The van der Waals surface area contributed by atoms with Crippen LogP contribution < -0.4 is 10.1 Å². The molecule has 0 spiro atoms. The molecule has 3 rings (SSSR count). The molecule has 0 aromatic heterocycles. The molecule has 132 valence electrons. The van der Waals surface area contributed by atoms with Crippen molar-refractivity contribution in [1.82, 2.24) is 10.2 Å². The number of ether oxygens (including phenoxy) is 1. The molecule has 0 bridgehead atoms. The molecule has 1 aliphatic heterocycles. The Morgan fingerprint density at radius 2 is 2.17 bits per heavy atom.